The highest BCUT2D eigenvalue weighted by Crippen LogP contribution is 2.42. The van der Waals surface area contributed by atoms with Gasteiger partial charge in [-0.05, 0) is 42.3 Å². The normalized spacial score (nSPS) is 12.0. The van der Waals surface area contributed by atoms with Gasteiger partial charge in [-0.25, -0.2) is 4.79 Å². The number of rotatable bonds is 2. The minimum atomic E-state index is -1.12. The van der Waals surface area contributed by atoms with Crippen LogP contribution in [0.3, 0.4) is 0 Å². The third-order valence-electron chi connectivity index (χ3n) is 3.69. The average Bonchev–Trinajstić information content (AvgIpc) is 2.72. The van der Waals surface area contributed by atoms with Crippen LogP contribution >= 0.6 is 23.2 Å². The Balaban J connectivity index is 2.20. The molecule has 2 aromatic carbocycles. The van der Waals surface area contributed by atoms with Crippen LogP contribution in [0.25, 0.3) is 11.1 Å². The van der Waals surface area contributed by atoms with Crippen molar-refractivity contribution in [2.24, 2.45) is 0 Å². The number of amides is 1. The van der Waals surface area contributed by atoms with Crippen LogP contribution in [-0.4, -0.2) is 23.5 Å². The van der Waals surface area contributed by atoms with Gasteiger partial charge in [0.15, 0.2) is 5.78 Å². The van der Waals surface area contributed by atoms with Crippen LogP contribution in [0, 0.1) is 0 Å². The maximum absolute atomic E-state index is 12.5. The molecule has 22 heavy (non-hydrogen) atoms. The van der Waals surface area contributed by atoms with Crippen molar-refractivity contribution in [2.75, 3.05) is 11.4 Å². The van der Waals surface area contributed by atoms with Gasteiger partial charge in [0.05, 0.1) is 10.7 Å². The van der Waals surface area contributed by atoms with E-state index in [1.165, 1.54) is 6.07 Å². The minimum Gasteiger partial charge on any atom is -0.465 e. The Morgan fingerprint density at radius 1 is 1.09 bits per heavy atom. The topological polar surface area (TPSA) is 57.6 Å². The van der Waals surface area contributed by atoms with Crippen LogP contribution in [0.2, 0.25) is 10.0 Å². The molecule has 0 bridgehead atoms. The molecule has 1 N–H and O–H groups in total. The summed E-state index contributed by atoms with van der Waals surface area (Å²) >= 11 is 12.2. The molecule has 0 spiro atoms. The van der Waals surface area contributed by atoms with Crippen LogP contribution in [0.5, 0.6) is 0 Å². The monoisotopic (exact) mass is 335 g/mol. The van der Waals surface area contributed by atoms with E-state index >= 15 is 0 Å². The first kappa shape index (κ1) is 14.9. The van der Waals surface area contributed by atoms with Crippen LogP contribution in [0.4, 0.5) is 10.5 Å². The summed E-state index contributed by atoms with van der Waals surface area (Å²) in [4.78, 5) is 24.9. The Bertz CT molecular complexity index is 817. The number of fused-ring (bicyclic) bond motifs is 3. The maximum atomic E-state index is 12.5. The van der Waals surface area contributed by atoms with Crippen molar-refractivity contribution in [3.63, 3.8) is 0 Å². The summed E-state index contributed by atoms with van der Waals surface area (Å²) in [6.07, 6.45) is -1.12. The van der Waals surface area contributed by atoms with Crippen LogP contribution in [0.1, 0.15) is 22.8 Å². The number of ketones is 1. The summed E-state index contributed by atoms with van der Waals surface area (Å²) in [5.74, 6) is -0.174. The number of carbonyl (C=O) groups is 2. The molecule has 1 aliphatic rings. The van der Waals surface area contributed by atoms with Crippen molar-refractivity contribution >= 4 is 40.8 Å². The molecule has 0 heterocycles. The van der Waals surface area contributed by atoms with Crippen molar-refractivity contribution in [2.45, 2.75) is 6.92 Å². The lowest BCUT2D eigenvalue weighted by Crippen LogP contribution is -2.29. The predicted octanol–water partition coefficient (Wildman–Crippen LogP) is 4.71. The fourth-order valence-corrected chi connectivity index (χ4v) is 3.11. The number of anilines is 1. The molecule has 0 saturated heterocycles. The first-order chi connectivity index (χ1) is 10.4. The SMILES string of the molecule is CCN(C(=O)O)c1cc2c(cc1Cl)-c1ccc(Cl)cc1C2=O. The zero-order valence-corrected chi connectivity index (χ0v) is 13.1. The van der Waals surface area contributed by atoms with Gasteiger partial charge < -0.3 is 5.11 Å². The van der Waals surface area contributed by atoms with Crippen molar-refractivity contribution in [1.29, 1.82) is 0 Å². The summed E-state index contributed by atoms with van der Waals surface area (Å²) in [6.45, 7) is 1.94. The lowest BCUT2D eigenvalue weighted by molar-refractivity contribution is 0.104. The molecular weight excluding hydrogens is 325 g/mol. The van der Waals surface area contributed by atoms with E-state index in [1.807, 2.05) is 0 Å². The van der Waals surface area contributed by atoms with Crippen LogP contribution in [0.15, 0.2) is 30.3 Å². The van der Waals surface area contributed by atoms with Gasteiger partial charge in [0, 0.05) is 22.7 Å². The van der Waals surface area contributed by atoms with E-state index in [4.69, 9.17) is 23.2 Å². The van der Waals surface area contributed by atoms with Crippen molar-refractivity contribution < 1.29 is 14.7 Å². The van der Waals surface area contributed by atoms with E-state index < -0.39 is 6.09 Å². The molecule has 0 fully saturated rings. The summed E-state index contributed by atoms with van der Waals surface area (Å²) in [5, 5.41) is 10.0. The third-order valence-corrected chi connectivity index (χ3v) is 4.22. The second-order valence-corrected chi connectivity index (χ2v) is 5.74. The molecule has 1 amide bonds. The molecule has 0 aromatic heterocycles. The fourth-order valence-electron chi connectivity index (χ4n) is 2.67. The van der Waals surface area contributed by atoms with Gasteiger partial charge in [-0.15, -0.1) is 0 Å². The molecule has 6 heteroatoms. The molecule has 3 rings (SSSR count). The smallest absolute Gasteiger partial charge is 0.411 e. The number of halogens is 2. The molecule has 0 atom stereocenters. The fraction of sp³-hybridized carbons (Fsp3) is 0.125. The molecule has 0 saturated carbocycles. The molecule has 112 valence electrons. The van der Waals surface area contributed by atoms with Gasteiger partial charge in [-0.1, -0.05) is 29.3 Å². The highest BCUT2D eigenvalue weighted by atomic mass is 35.5. The maximum Gasteiger partial charge on any atom is 0.411 e. The highest BCUT2D eigenvalue weighted by molar-refractivity contribution is 6.36. The predicted molar refractivity (Wildman–Crippen MR) is 86.4 cm³/mol. The van der Waals surface area contributed by atoms with Gasteiger partial charge in [0.25, 0.3) is 0 Å². The number of carbonyl (C=O) groups excluding carboxylic acids is 1. The Morgan fingerprint density at radius 3 is 2.41 bits per heavy atom. The zero-order chi connectivity index (χ0) is 16.0. The average molecular weight is 336 g/mol. The molecule has 1 aliphatic carbocycles. The van der Waals surface area contributed by atoms with E-state index in [0.717, 1.165) is 10.5 Å². The quantitative estimate of drug-likeness (QED) is 0.737. The summed E-state index contributed by atoms with van der Waals surface area (Å²) < 4.78 is 0. The van der Waals surface area contributed by atoms with Gasteiger partial charge in [-0.2, -0.15) is 0 Å². The number of benzene rings is 2. The molecule has 2 aromatic rings. The van der Waals surface area contributed by atoms with E-state index in [9.17, 15) is 14.7 Å². The number of nitrogens with zero attached hydrogens (tertiary/aromatic N) is 1. The largest absolute Gasteiger partial charge is 0.465 e. The van der Waals surface area contributed by atoms with E-state index in [0.29, 0.717) is 32.4 Å². The van der Waals surface area contributed by atoms with Gasteiger partial charge in [0.2, 0.25) is 0 Å². The Labute approximate surface area is 136 Å². The van der Waals surface area contributed by atoms with Crippen molar-refractivity contribution in [1.82, 2.24) is 0 Å². The minimum absolute atomic E-state index is 0.174. The lowest BCUT2D eigenvalue weighted by atomic mass is 10.1. The second-order valence-electron chi connectivity index (χ2n) is 4.90. The standard InChI is InChI=1S/C16H11Cl2NO3/c1-2-19(16(21)22)14-7-12-10(6-13(14)18)9-4-3-8(17)5-11(9)15(12)20/h3-7H,2H2,1H3,(H,21,22). The first-order valence-corrected chi connectivity index (χ1v) is 7.38. The molecular formula is C16H11Cl2NO3. The molecule has 0 radical (unpaired) electrons. The summed E-state index contributed by atoms with van der Waals surface area (Å²) in [5.41, 5.74) is 2.72. The Kier molecular flexibility index (Phi) is 3.59. The number of hydrogen-bond donors (Lipinski definition) is 1. The Hall–Kier alpha value is -2.04. The summed E-state index contributed by atoms with van der Waals surface area (Å²) in [6, 6.07) is 8.26. The van der Waals surface area contributed by atoms with Crippen LogP contribution in [-0.2, 0) is 0 Å². The second kappa shape index (κ2) is 5.30. The van der Waals surface area contributed by atoms with Gasteiger partial charge in [0.1, 0.15) is 0 Å². The number of carboxylic acid groups (broad SMARTS) is 1. The van der Waals surface area contributed by atoms with Crippen molar-refractivity contribution in [3.05, 3.63) is 51.5 Å². The molecule has 0 unspecified atom stereocenters. The molecule has 4 nitrogen and oxygen atoms in total. The first-order valence-electron chi connectivity index (χ1n) is 6.62. The van der Waals surface area contributed by atoms with Gasteiger partial charge in [-0.3, -0.25) is 9.69 Å². The van der Waals surface area contributed by atoms with E-state index in [-0.39, 0.29) is 12.3 Å². The van der Waals surface area contributed by atoms with E-state index in [1.54, 1.807) is 31.2 Å². The van der Waals surface area contributed by atoms with Crippen molar-refractivity contribution in [3.8, 4) is 11.1 Å². The summed E-state index contributed by atoms with van der Waals surface area (Å²) in [7, 11) is 0. The molecule has 0 aliphatic heterocycles. The highest BCUT2D eigenvalue weighted by Gasteiger charge is 2.29. The lowest BCUT2D eigenvalue weighted by Gasteiger charge is -2.19. The number of hydrogen-bond acceptors (Lipinski definition) is 2. The third kappa shape index (κ3) is 2.16. The van der Waals surface area contributed by atoms with Gasteiger partial charge >= 0.3 is 6.09 Å². The zero-order valence-electron chi connectivity index (χ0n) is 11.6. The van der Waals surface area contributed by atoms with Crippen LogP contribution < -0.4 is 4.90 Å². The van der Waals surface area contributed by atoms with E-state index in [2.05, 4.69) is 0 Å². The Morgan fingerprint density at radius 2 is 1.77 bits per heavy atom.